The first-order valence-electron chi connectivity index (χ1n) is 22.1. The number of hydrogen-bond donors (Lipinski definition) is 5. The van der Waals surface area contributed by atoms with E-state index in [1.54, 1.807) is 32.5 Å². The molecule has 5 heterocycles. The predicted molar refractivity (Wildman–Crippen MR) is 238 cm³/mol. The Morgan fingerprint density at radius 3 is 2.60 bits per heavy atom. The SMILES string of the molecule is CCn1c(-c2cccnc2[C@H](C)OC)c2c3cc(ccc31)-c1cc(O)cc(c1)C[C@H](NC(=O)[C@H](C(C)C)N(C)C(=O)[C@@H]1CNC[C@@H]1O)C(=O)N1CCC[C@H](N1)[N+](=O)OCC(C)(C)C2. The van der Waals surface area contributed by atoms with Gasteiger partial charge in [0.25, 0.3) is 5.91 Å². The molecule has 0 unspecified atom stereocenters. The standard InChI is InChI=1S/C47H62N8O8/c1-9-53-38-15-14-30-22-34(38)35(43(53)33-12-10-16-49-41(33)28(4)62-8)23-47(5,6)26-63-55(61)40-13-11-17-54(51-40)46(60)37(20-29-18-31(30)21-32(56)19-29)50-44(58)42(27(2)3)52(7)45(59)36-24-48-25-39(36)57/h10,12,14-16,18-19,21-22,27-28,36-37,39-40,42,48,51,57H,9,11,13,17,20,23-26H2,1-8H3,(H-,50,56,58)/p+1/t28-,36+,37-,39-,40+,42-/m0/s1. The Labute approximate surface area is 368 Å². The highest BCUT2D eigenvalue weighted by molar-refractivity contribution is 5.96. The fourth-order valence-corrected chi connectivity index (χ4v) is 9.49. The third-order valence-electron chi connectivity index (χ3n) is 12.8. The lowest BCUT2D eigenvalue weighted by atomic mass is 9.84. The number of aliphatic hydroxyl groups is 1. The number of pyridine rings is 1. The second-order valence-corrected chi connectivity index (χ2v) is 18.4. The molecule has 5 N–H and O–H groups in total. The number of aliphatic hydroxyl groups excluding tert-OH is 1. The number of benzene rings is 2. The molecule has 0 saturated carbocycles. The van der Waals surface area contributed by atoms with Crippen LogP contribution in [0.5, 0.6) is 5.75 Å². The van der Waals surface area contributed by atoms with Crippen LogP contribution in [-0.4, -0.2) is 117 Å². The second kappa shape index (κ2) is 18.7. The number of ether oxygens (including phenoxy) is 1. The van der Waals surface area contributed by atoms with Gasteiger partial charge >= 0.3 is 6.17 Å². The van der Waals surface area contributed by atoms with Crippen LogP contribution in [0, 0.1) is 22.2 Å². The zero-order valence-electron chi connectivity index (χ0n) is 37.7. The maximum Gasteiger partial charge on any atom is 0.326 e. The van der Waals surface area contributed by atoms with Gasteiger partial charge < -0.3 is 35.1 Å². The molecular formula is C47H63N8O8+. The van der Waals surface area contributed by atoms with E-state index in [1.165, 1.54) is 9.91 Å². The zero-order chi connectivity index (χ0) is 45.3. The van der Waals surface area contributed by atoms with Gasteiger partial charge in [0.15, 0.2) is 6.61 Å². The Bertz CT molecular complexity index is 2360. The molecule has 2 aromatic heterocycles. The molecule has 16 heteroatoms. The Kier molecular flexibility index (Phi) is 13.6. The van der Waals surface area contributed by atoms with Crippen molar-refractivity contribution in [3.8, 4) is 28.1 Å². The maximum absolute atomic E-state index is 14.6. The lowest BCUT2D eigenvalue weighted by Gasteiger charge is -2.35. The van der Waals surface area contributed by atoms with Gasteiger partial charge in [-0.15, -0.1) is 0 Å². The van der Waals surface area contributed by atoms with E-state index in [1.807, 2.05) is 39.0 Å². The number of carbonyl (C=O) groups excluding carboxylic acids is 3. The van der Waals surface area contributed by atoms with E-state index in [-0.39, 0.29) is 56.3 Å². The molecule has 16 nitrogen and oxygen atoms in total. The van der Waals surface area contributed by atoms with Gasteiger partial charge in [0.05, 0.1) is 34.4 Å². The number of nitrogens with zero attached hydrogens (tertiary/aromatic N) is 5. The van der Waals surface area contributed by atoms with Crippen LogP contribution < -0.4 is 16.1 Å². The van der Waals surface area contributed by atoms with Gasteiger partial charge in [-0.2, -0.15) is 5.43 Å². The number of nitrogens with one attached hydrogen (secondary N) is 3. The number of phenols is 1. The zero-order valence-corrected chi connectivity index (χ0v) is 37.7. The number of aromatic hydroxyl groups is 1. The predicted octanol–water partition coefficient (Wildman–Crippen LogP) is 4.64. The normalized spacial score (nSPS) is 22.7. The highest BCUT2D eigenvalue weighted by Crippen LogP contribution is 2.42. The Morgan fingerprint density at radius 2 is 1.90 bits per heavy atom. The van der Waals surface area contributed by atoms with E-state index in [4.69, 9.17) is 14.6 Å². The minimum atomic E-state index is -1.17. The molecule has 3 aliphatic rings. The summed E-state index contributed by atoms with van der Waals surface area (Å²) in [5.74, 6) is -2.48. The maximum atomic E-state index is 14.6. The van der Waals surface area contributed by atoms with Gasteiger partial charge in [0.1, 0.15) is 17.8 Å². The Balaban J connectivity index is 1.34. The molecule has 63 heavy (non-hydrogen) atoms. The summed E-state index contributed by atoms with van der Waals surface area (Å²) < 4.78 is 8.08. The highest BCUT2D eigenvalue weighted by atomic mass is 16.8. The van der Waals surface area contributed by atoms with Crippen LogP contribution in [0.15, 0.2) is 54.7 Å². The molecule has 6 bridgehead atoms. The smallest absolute Gasteiger partial charge is 0.326 e. The summed E-state index contributed by atoms with van der Waals surface area (Å²) >= 11 is 0. The summed E-state index contributed by atoms with van der Waals surface area (Å²) in [6, 6.07) is 13.3. The van der Waals surface area contributed by atoms with Gasteiger partial charge in [-0.25, -0.2) is 4.84 Å². The van der Waals surface area contributed by atoms with E-state index in [0.29, 0.717) is 41.9 Å². The van der Waals surface area contributed by atoms with Gasteiger partial charge in [-0.05, 0) is 91.3 Å². The highest BCUT2D eigenvalue weighted by Gasteiger charge is 2.42. The van der Waals surface area contributed by atoms with Crippen molar-refractivity contribution < 1.29 is 39.1 Å². The molecule has 338 valence electrons. The molecule has 7 rings (SSSR count). The number of hydrazine groups is 1. The van der Waals surface area contributed by atoms with Crippen LogP contribution >= 0.6 is 0 Å². The quantitative estimate of drug-likeness (QED) is 0.158. The minimum Gasteiger partial charge on any atom is -0.508 e. The van der Waals surface area contributed by atoms with E-state index >= 15 is 0 Å². The summed E-state index contributed by atoms with van der Waals surface area (Å²) in [6.45, 7) is 13.4. The van der Waals surface area contributed by atoms with Crippen molar-refractivity contribution in [1.82, 2.24) is 35.5 Å². The third kappa shape index (κ3) is 9.45. The summed E-state index contributed by atoms with van der Waals surface area (Å²) in [5.41, 5.74) is 9.44. The number of hydrogen-bond acceptors (Lipinski definition) is 11. The van der Waals surface area contributed by atoms with Crippen LogP contribution in [0.4, 0.5) is 0 Å². The molecule has 3 aliphatic heterocycles. The first kappa shape index (κ1) is 45.6. The number of phenolic OH excluding ortho intramolecular Hbond substituents is 1. The van der Waals surface area contributed by atoms with Crippen LogP contribution in [0.2, 0.25) is 0 Å². The van der Waals surface area contributed by atoms with Crippen molar-refractivity contribution in [2.45, 2.75) is 104 Å². The average molecular weight is 868 g/mol. The molecule has 0 radical (unpaired) electrons. The van der Waals surface area contributed by atoms with Crippen molar-refractivity contribution in [3.05, 3.63) is 76.5 Å². The lowest BCUT2D eigenvalue weighted by Crippen LogP contribution is -2.62. The summed E-state index contributed by atoms with van der Waals surface area (Å²) in [5, 5.41) is 30.1. The van der Waals surface area contributed by atoms with Gasteiger partial charge in [-0.1, -0.05) is 39.8 Å². The second-order valence-electron chi connectivity index (χ2n) is 18.4. The Morgan fingerprint density at radius 1 is 1.13 bits per heavy atom. The lowest BCUT2D eigenvalue weighted by molar-refractivity contribution is -0.835. The van der Waals surface area contributed by atoms with Crippen molar-refractivity contribution in [2.24, 2.45) is 17.3 Å². The summed E-state index contributed by atoms with van der Waals surface area (Å²) in [6.07, 6.45) is 1.12. The number of β-amino-alcohol motifs (C(OH)–C–C–N with tert-alkyl or cyclic N) is 1. The van der Waals surface area contributed by atoms with Crippen molar-refractivity contribution in [1.29, 1.82) is 0 Å². The molecular weight excluding hydrogens is 805 g/mol. The monoisotopic (exact) mass is 867 g/mol. The molecule has 0 aliphatic carbocycles. The number of aromatic nitrogens is 2. The number of methoxy groups -OCH3 is 1. The number of likely N-dealkylation sites (N-methyl/N-ethyl adjacent to an activating group) is 1. The number of carbonyl (C=O) groups is 3. The third-order valence-corrected chi connectivity index (χ3v) is 12.8. The first-order chi connectivity index (χ1) is 30.0. The number of amides is 3. The number of fused-ring (bicyclic) bond motifs is 6. The van der Waals surface area contributed by atoms with E-state index in [9.17, 15) is 29.5 Å². The van der Waals surface area contributed by atoms with Crippen LogP contribution in [0.1, 0.15) is 77.3 Å². The molecule has 2 aromatic carbocycles. The fraction of sp³-hybridized carbons (Fsp3) is 0.532. The molecule has 2 saturated heterocycles. The molecule has 4 aromatic rings. The fourth-order valence-electron chi connectivity index (χ4n) is 9.49. The average Bonchev–Trinajstić information content (AvgIpc) is 3.83. The van der Waals surface area contributed by atoms with E-state index < -0.39 is 47.5 Å². The largest absolute Gasteiger partial charge is 0.508 e. The van der Waals surface area contributed by atoms with Gasteiger partial charge in [-0.3, -0.25) is 24.4 Å². The van der Waals surface area contributed by atoms with Gasteiger partial charge in [0, 0.05) is 81.3 Å². The van der Waals surface area contributed by atoms with Crippen LogP contribution in [0.3, 0.4) is 0 Å². The topological polar surface area (TPSA) is 191 Å². The van der Waals surface area contributed by atoms with Crippen LogP contribution in [0.25, 0.3) is 33.3 Å². The summed E-state index contributed by atoms with van der Waals surface area (Å²) in [7, 11) is 3.21. The van der Waals surface area contributed by atoms with E-state index in [0.717, 1.165) is 39.0 Å². The molecule has 6 atom stereocenters. The Hall–Kier alpha value is -5.42. The number of rotatable bonds is 9. The summed E-state index contributed by atoms with van der Waals surface area (Å²) in [4.78, 5) is 69.1. The molecule has 2 fully saturated rings. The molecule has 3 amide bonds. The molecule has 0 spiro atoms. The van der Waals surface area contributed by atoms with Crippen molar-refractivity contribution in [3.63, 3.8) is 0 Å². The van der Waals surface area contributed by atoms with Crippen molar-refractivity contribution >= 4 is 28.6 Å². The van der Waals surface area contributed by atoms with Crippen LogP contribution in [-0.2, 0) is 43.3 Å². The van der Waals surface area contributed by atoms with E-state index in [2.05, 4.69) is 59.6 Å². The minimum absolute atomic E-state index is 0.0133. The van der Waals surface area contributed by atoms with Crippen molar-refractivity contribution in [2.75, 3.05) is 40.4 Å². The first-order valence-corrected chi connectivity index (χ1v) is 22.1. The van der Waals surface area contributed by atoms with Gasteiger partial charge in [0.2, 0.25) is 16.7 Å². The number of aryl methyl sites for hydroxylation is 1.